The number of unbranched alkanes of at least 4 members (excludes halogenated alkanes) is 21. The summed E-state index contributed by atoms with van der Waals surface area (Å²) < 4.78 is 1.73. The van der Waals surface area contributed by atoms with Crippen LogP contribution in [0.3, 0.4) is 0 Å². The Morgan fingerprint density at radius 3 is 1.07 bits per heavy atom. The Morgan fingerprint density at radius 1 is 0.388 bits per heavy atom. The molecule has 0 unspecified atom stereocenters. The first kappa shape index (κ1) is 61.0. The van der Waals surface area contributed by atoms with E-state index in [1.807, 2.05) is 0 Å². The van der Waals surface area contributed by atoms with Crippen LogP contribution in [0.4, 0.5) is 0 Å². The van der Waals surface area contributed by atoms with Crippen LogP contribution in [0.15, 0.2) is 47.6 Å². The van der Waals surface area contributed by atoms with Crippen LogP contribution in [0.1, 0.15) is 293 Å². The summed E-state index contributed by atoms with van der Waals surface area (Å²) >= 11 is 0.950. The van der Waals surface area contributed by atoms with Gasteiger partial charge in [0.2, 0.25) is 11.4 Å². The van der Waals surface area contributed by atoms with Crippen molar-refractivity contribution in [2.75, 3.05) is 0 Å². The summed E-state index contributed by atoms with van der Waals surface area (Å²) in [5.41, 5.74) is 30.0. The second kappa shape index (κ2) is 39.6. The van der Waals surface area contributed by atoms with E-state index in [1.165, 1.54) is 215 Å². The van der Waals surface area contributed by atoms with Gasteiger partial charge in [-0.15, -0.1) is 0 Å². The molecule has 0 amide bonds. The number of aryl methyl sites for hydroxylation is 4. The van der Waals surface area contributed by atoms with Gasteiger partial charge in [0.05, 0.1) is 5.57 Å². The van der Waals surface area contributed by atoms with Crippen molar-refractivity contribution in [2.24, 2.45) is 0 Å². The van der Waals surface area contributed by atoms with Crippen LogP contribution in [-0.4, -0.2) is 4.70 Å². The molecule has 1 aliphatic rings. The topological polar surface area (TPSA) is 25.3 Å². The average molecular weight is 1010 g/mol. The Bertz CT molecular complexity index is 1640. The number of allylic oxidation sites excluding steroid dienone is 4. The van der Waals surface area contributed by atoms with E-state index in [2.05, 4.69) is 103 Å². The molecule has 0 spiro atoms. The third kappa shape index (κ3) is 22.7. The molecule has 0 fully saturated rings. The molecule has 67 heavy (non-hydrogen) atoms. The predicted octanol–water partition coefficient (Wildman–Crippen LogP) is 21.7. The van der Waals surface area contributed by atoms with Gasteiger partial charge in [-0.2, -0.15) is 0 Å². The first-order valence-corrected chi connectivity index (χ1v) is 32.1. The molecule has 1 heterocycles. The van der Waals surface area contributed by atoms with Gasteiger partial charge in [-0.1, -0.05) is 196 Å². The third-order valence-corrected chi connectivity index (χ3v) is 14.3. The summed E-state index contributed by atoms with van der Waals surface area (Å²) in [5, 5.41) is 4.35. The van der Waals surface area contributed by atoms with Crippen LogP contribution >= 0.6 is 0 Å². The Morgan fingerprint density at radius 2 is 0.687 bits per heavy atom. The Kier molecular flexibility index (Phi) is 36.1. The van der Waals surface area contributed by atoms with E-state index in [-0.39, 0.29) is 0 Å². The summed E-state index contributed by atoms with van der Waals surface area (Å²) in [6.45, 7) is 18.7. The van der Waals surface area contributed by atoms with Gasteiger partial charge in [0.15, 0.2) is 0 Å². The zero-order valence-electron chi connectivity index (χ0n) is 46.1. The maximum absolute atomic E-state index is 13.2. The molecule has 0 aliphatic carbocycles. The second-order valence-corrected chi connectivity index (χ2v) is 21.8. The van der Waals surface area contributed by atoms with Gasteiger partial charge in [0, 0.05) is 16.7 Å². The first-order chi connectivity index (χ1) is 32.8. The molecule has 0 atom stereocenters. The molecule has 0 N–H and O–H groups in total. The summed E-state index contributed by atoms with van der Waals surface area (Å²) in [6, 6.07) is 10.3. The predicted molar refractivity (Wildman–Crippen MR) is 297 cm³/mol. The molecule has 0 radical (unpaired) electrons. The number of benzene rings is 2. The zero-order valence-corrected chi connectivity index (χ0v) is 47.7. The van der Waals surface area contributed by atoms with E-state index < -0.39 is 0 Å². The zero-order chi connectivity index (χ0) is 48.9. The first-order valence-electron chi connectivity index (χ1n) is 29.0. The van der Waals surface area contributed by atoms with E-state index in [4.69, 9.17) is 0 Å². The van der Waals surface area contributed by atoms with Gasteiger partial charge in [0.1, 0.15) is 0 Å². The number of rotatable bonds is 39. The molecule has 0 bridgehead atoms. The van der Waals surface area contributed by atoms with Gasteiger partial charge in [-0.25, -0.2) is 4.70 Å². The molecule has 0 saturated carbocycles. The van der Waals surface area contributed by atoms with Crippen molar-refractivity contribution < 1.29 is 22.7 Å². The monoisotopic (exact) mass is 1010 g/mol. The van der Waals surface area contributed by atoms with Crippen molar-refractivity contribution in [1.82, 2.24) is 0 Å². The standard InChI is InChI=1S/C62H102N2.2CH3.Pd/c1-9-17-25-27-29-37-45-59-60(46-38-30-28-26-18-10-2)62(56-49-53(41-33-21-13-5)58(44-36-24-16-8)54(50-56)42-34-22-14-6)64(63)61(59)55-47-51(39-31-19-11-3)57(43-35-23-15-7)52(48-55)40-32-20-12-4;;;/h37,45,47-50H,9-36,38-44,46H2,1-8H3;2*1H3;. The van der Waals surface area contributed by atoms with Crippen molar-refractivity contribution >= 4 is 11.4 Å². The fourth-order valence-corrected chi connectivity index (χ4v) is 10.4. The van der Waals surface area contributed by atoms with Gasteiger partial charge >= 0.3 is 28.8 Å². The number of hydrogen-bond donors (Lipinski definition) is 0. The molecule has 3 heteroatoms. The van der Waals surface area contributed by atoms with Crippen LogP contribution < -0.4 is 0 Å². The van der Waals surface area contributed by atoms with Gasteiger partial charge in [-0.05, 0) is 160 Å². The number of hydrogen-bond acceptors (Lipinski definition) is 0. The Balaban J connectivity index is 0.00000499. The molecular formula is C64H108N2Pd. The maximum atomic E-state index is 13.2. The van der Waals surface area contributed by atoms with Crippen molar-refractivity contribution in [3.05, 3.63) is 97.6 Å². The normalized spacial score (nSPS) is 13.0. The van der Waals surface area contributed by atoms with E-state index in [9.17, 15) is 5.53 Å². The molecule has 2 aromatic rings. The van der Waals surface area contributed by atoms with Crippen LogP contribution in [0.25, 0.3) is 16.9 Å². The minimum absolute atomic E-state index is 0.950. The molecule has 0 saturated heterocycles. The van der Waals surface area contributed by atoms with Crippen LogP contribution in [0, 0.1) is 0 Å². The van der Waals surface area contributed by atoms with Gasteiger partial charge in [0.25, 0.3) is 0 Å². The summed E-state index contributed by atoms with van der Waals surface area (Å²) in [4.78, 5) is 0. The average Bonchev–Trinajstić information content (AvgIpc) is 3.60. The van der Waals surface area contributed by atoms with Gasteiger partial charge < -0.3 is 5.53 Å². The quantitative estimate of drug-likeness (QED) is 0.0362. The van der Waals surface area contributed by atoms with Crippen molar-refractivity contribution in [2.45, 2.75) is 297 Å². The third-order valence-electron chi connectivity index (χ3n) is 14.3. The molecule has 1 aliphatic heterocycles. The summed E-state index contributed by atoms with van der Waals surface area (Å²) in [6.07, 6.45) is 49.4. The fraction of sp³-hybridized carbons (Fsp3) is 0.719. The summed E-state index contributed by atoms with van der Waals surface area (Å²) in [7, 11) is 0. The second-order valence-electron chi connectivity index (χ2n) is 20.3. The van der Waals surface area contributed by atoms with Gasteiger partial charge in [-0.3, -0.25) is 0 Å². The fourth-order valence-electron chi connectivity index (χ4n) is 10.4. The Labute approximate surface area is 426 Å². The van der Waals surface area contributed by atoms with E-state index >= 15 is 0 Å². The van der Waals surface area contributed by atoms with E-state index in [0.29, 0.717) is 0 Å². The molecule has 384 valence electrons. The van der Waals surface area contributed by atoms with Crippen molar-refractivity contribution in [1.29, 1.82) is 0 Å². The van der Waals surface area contributed by atoms with Crippen LogP contribution in [-0.2, 0) is 56.5 Å². The molecule has 3 rings (SSSR count). The van der Waals surface area contributed by atoms with E-state index in [0.717, 1.165) is 67.9 Å². The molecule has 2 nitrogen and oxygen atoms in total. The van der Waals surface area contributed by atoms with Crippen molar-refractivity contribution in [3.8, 4) is 0 Å². The van der Waals surface area contributed by atoms with Crippen LogP contribution in [0.2, 0.25) is 10.8 Å². The van der Waals surface area contributed by atoms with Crippen LogP contribution in [0.5, 0.6) is 0 Å². The SMILES string of the molecule is CCCCCCC=CC1=C(c2cc(CCCCC)c(CCCCC)c(CCCCC)c2)[N+](=[N-])C(c2cc(CCCCC)c(CCCCC)c(CCCCC)c2)=C1CCCCCCCC.[CH3][Pd][CH3]. The Hall–Kier alpha value is -2.08. The number of nitrogens with zero attached hydrogens (tertiary/aromatic N) is 2. The van der Waals surface area contributed by atoms with Crippen molar-refractivity contribution in [3.63, 3.8) is 0 Å². The summed E-state index contributed by atoms with van der Waals surface area (Å²) in [5.74, 6) is 0. The molecule has 2 aromatic carbocycles. The molecular weight excluding hydrogens is 903 g/mol. The minimum atomic E-state index is 0.950. The molecule has 0 aromatic heterocycles. The van der Waals surface area contributed by atoms with E-state index in [1.54, 1.807) is 38.1 Å².